The van der Waals surface area contributed by atoms with E-state index in [9.17, 15) is 4.79 Å². The Hall–Kier alpha value is -1.84. The Morgan fingerprint density at radius 1 is 1.46 bits per heavy atom. The maximum absolute atomic E-state index is 10.6. The zero-order chi connectivity index (χ0) is 9.26. The number of rotatable bonds is 1. The van der Waals surface area contributed by atoms with Gasteiger partial charge in [-0.2, -0.15) is 0 Å². The summed E-state index contributed by atoms with van der Waals surface area (Å²) in [5, 5.41) is 11.6. The number of carboxylic acids is 1. The lowest BCUT2D eigenvalue weighted by Crippen LogP contribution is -2.32. The van der Waals surface area contributed by atoms with E-state index in [-0.39, 0.29) is 0 Å². The van der Waals surface area contributed by atoms with Gasteiger partial charge >= 0.3 is 5.97 Å². The summed E-state index contributed by atoms with van der Waals surface area (Å²) in [6.07, 6.45) is 1.39. The molecule has 4 nitrogen and oxygen atoms in total. The van der Waals surface area contributed by atoms with Gasteiger partial charge in [0.05, 0.1) is 11.4 Å². The van der Waals surface area contributed by atoms with E-state index in [1.807, 2.05) is 24.3 Å². The zero-order valence-corrected chi connectivity index (χ0v) is 6.77. The lowest BCUT2D eigenvalue weighted by Gasteiger charge is -2.17. The van der Waals surface area contributed by atoms with Gasteiger partial charge in [-0.15, -0.1) is 0 Å². The smallest absolute Gasteiger partial charge is 0.331 e. The molecule has 0 radical (unpaired) electrons. The summed E-state index contributed by atoms with van der Waals surface area (Å²) < 4.78 is 0. The fraction of sp³-hybridized carbons (Fsp3) is 0.111. The highest BCUT2D eigenvalue weighted by molar-refractivity contribution is 6.00. The molecule has 0 amide bonds. The van der Waals surface area contributed by atoms with E-state index in [4.69, 9.17) is 5.11 Å². The molecule has 1 heterocycles. The first-order valence-electron chi connectivity index (χ1n) is 3.90. The van der Waals surface area contributed by atoms with Crippen LogP contribution in [0.3, 0.4) is 0 Å². The molecule has 0 aliphatic carbocycles. The number of nitrogens with one attached hydrogen (secondary N) is 1. The maximum atomic E-state index is 10.6. The standard InChI is InChI=1S/C9H8N2O2/c12-9(13)8-5-10-6-3-1-2-4-7(6)11-8/h1-5,8,11H,(H,12,13). The summed E-state index contributed by atoms with van der Waals surface area (Å²) in [6, 6.07) is 6.62. The minimum Gasteiger partial charge on any atom is -0.479 e. The van der Waals surface area contributed by atoms with Crippen molar-refractivity contribution in [3.05, 3.63) is 24.3 Å². The van der Waals surface area contributed by atoms with Gasteiger partial charge in [-0.05, 0) is 12.1 Å². The molecule has 0 spiro atoms. The predicted octanol–water partition coefficient (Wildman–Crippen LogP) is 1.27. The number of nitrogens with zero attached hydrogens (tertiary/aromatic N) is 1. The first kappa shape index (κ1) is 7.79. The van der Waals surface area contributed by atoms with Crippen LogP contribution in [0.25, 0.3) is 0 Å². The highest BCUT2D eigenvalue weighted by atomic mass is 16.4. The number of benzene rings is 1. The summed E-state index contributed by atoms with van der Waals surface area (Å²) >= 11 is 0. The normalized spacial score (nSPS) is 18.9. The Morgan fingerprint density at radius 2 is 2.23 bits per heavy atom. The third-order valence-electron chi connectivity index (χ3n) is 1.84. The van der Waals surface area contributed by atoms with Crippen molar-refractivity contribution in [2.45, 2.75) is 6.04 Å². The first-order valence-corrected chi connectivity index (χ1v) is 3.90. The van der Waals surface area contributed by atoms with Crippen molar-refractivity contribution in [2.24, 2.45) is 4.99 Å². The van der Waals surface area contributed by atoms with Crippen LogP contribution in [0.4, 0.5) is 11.4 Å². The van der Waals surface area contributed by atoms with Gasteiger partial charge in [-0.25, -0.2) is 4.79 Å². The molecule has 1 aliphatic rings. The summed E-state index contributed by atoms with van der Waals surface area (Å²) in [5.74, 6) is -0.918. The fourth-order valence-electron chi connectivity index (χ4n) is 1.19. The van der Waals surface area contributed by atoms with E-state index in [0.29, 0.717) is 0 Å². The summed E-state index contributed by atoms with van der Waals surface area (Å²) in [4.78, 5) is 14.6. The van der Waals surface area contributed by atoms with Crippen molar-refractivity contribution in [1.29, 1.82) is 0 Å². The van der Waals surface area contributed by atoms with Crippen molar-refractivity contribution in [3.8, 4) is 0 Å². The summed E-state index contributed by atoms with van der Waals surface area (Å²) in [7, 11) is 0. The zero-order valence-electron chi connectivity index (χ0n) is 6.77. The molecule has 0 saturated heterocycles. The first-order chi connectivity index (χ1) is 6.27. The number of carbonyl (C=O) groups is 1. The van der Waals surface area contributed by atoms with Crippen LogP contribution >= 0.6 is 0 Å². The number of anilines is 1. The third kappa shape index (κ3) is 1.38. The average Bonchev–Trinajstić information content (AvgIpc) is 2.17. The monoisotopic (exact) mass is 176 g/mol. The van der Waals surface area contributed by atoms with E-state index in [2.05, 4.69) is 10.3 Å². The Balaban J connectivity index is 2.34. The number of para-hydroxylation sites is 2. The Labute approximate surface area is 74.9 Å². The average molecular weight is 176 g/mol. The molecule has 1 atom stereocenters. The fourth-order valence-corrected chi connectivity index (χ4v) is 1.19. The number of hydrogen-bond acceptors (Lipinski definition) is 3. The van der Waals surface area contributed by atoms with Crippen LogP contribution in [0.15, 0.2) is 29.3 Å². The van der Waals surface area contributed by atoms with Crippen molar-refractivity contribution in [3.63, 3.8) is 0 Å². The largest absolute Gasteiger partial charge is 0.479 e. The van der Waals surface area contributed by atoms with E-state index in [0.717, 1.165) is 11.4 Å². The van der Waals surface area contributed by atoms with Crippen molar-refractivity contribution >= 4 is 23.6 Å². The van der Waals surface area contributed by atoms with Crippen LogP contribution in [0.5, 0.6) is 0 Å². The summed E-state index contributed by atoms with van der Waals surface area (Å²) in [5.41, 5.74) is 1.54. The lowest BCUT2D eigenvalue weighted by atomic mass is 10.2. The Morgan fingerprint density at radius 3 is 3.00 bits per heavy atom. The number of hydrogen-bond donors (Lipinski definition) is 2. The minimum atomic E-state index is -0.918. The van der Waals surface area contributed by atoms with Gasteiger partial charge in [0, 0.05) is 6.21 Å². The highest BCUT2D eigenvalue weighted by Crippen LogP contribution is 2.27. The molecule has 0 fully saturated rings. The Bertz CT molecular complexity index is 374. The molecule has 2 N–H and O–H groups in total. The van der Waals surface area contributed by atoms with Crippen molar-refractivity contribution in [1.82, 2.24) is 0 Å². The molecule has 13 heavy (non-hydrogen) atoms. The number of aliphatic imine (C=N–C) groups is 1. The van der Waals surface area contributed by atoms with Gasteiger partial charge < -0.3 is 10.4 Å². The molecule has 0 bridgehead atoms. The predicted molar refractivity (Wildman–Crippen MR) is 49.6 cm³/mol. The van der Waals surface area contributed by atoms with Gasteiger partial charge in [-0.1, -0.05) is 12.1 Å². The van der Waals surface area contributed by atoms with E-state index >= 15 is 0 Å². The van der Waals surface area contributed by atoms with Crippen LogP contribution in [0.2, 0.25) is 0 Å². The van der Waals surface area contributed by atoms with Crippen molar-refractivity contribution < 1.29 is 9.90 Å². The number of fused-ring (bicyclic) bond motifs is 1. The van der Waals surface area contributed by atoms with Gasteiger partial charge in [-0.3, -0.25) is 4.99 Å². The molecule has 2 rings (SSSR count). The van der Waals surface area contributed by atoms with E-state index < -0.39 is 12.0 Å². The molecule has 1 aromatic carbocycles. The van der Waals surface area contributed by atoms with Gasteiger partial charge in [0.15, 0.2) is 6.04 Å². The molecule has 0 aromatic heterocycles. The molecule has 1 aliphatic heterocycles. The quantitative estimate of drug-likeness (QED) is 0.677. The number of carboxylic acid groups (broad SMARTS) is 1. The Kier molecular flexibility index (Phi) is 1.73. The second-order valence-electron chi connectivity index (χ2n) is 2.76. The maximum Gasteiger partial charge on any atom is 0.331 e. The SMILES string of the molecule is O=C(O)C1C=Nc2ccccc2N1. The van der Waals surface area contributed by atoms with Gasteiger partial charge in [0.2, 0.25) is 0 Å². The van der Waals surface area contributed by atoms with Gasteiger partial charge in [0.25, 0.3) is 0 Å². The van der Waals surface area contributed by atoms with Crippen LogP contribution < -0.4 is 5.32 Å². The molecule has 0 saturated carbocycles. The molecular weight excluding hydrogens is 168 g/mol. The molecule has 1 aromatic rings. The second-order valence-corrected chi connectivity index (χ2v) is 2.76. The van der Waals surface area contributed by atoms with E-state index in [1.165, 1.54) is 6.21 Å². The number of aliphatic carboxylic acids is 1. The molecular formula is C9H8N2O2. The van der Waals surface area contributed by atoms with Crippen molar-refractivity contribution in [2.75, 3.05) is 5.32 Å². The lowest BCUT2D eigenvalue weighted by molar-refractivity contribution is -0.136. The van der Waals surface area contributed by atoms with Gasteiger partial charge in [0.1, 0.15) is 0 Å². The summed E-state index contributed by atoms with van der Waals surface area (Å²) in [6.45, 7) is 0. The third-order valence-corrected chi connectivity index (χ3v) is 1.84. The van der Waals surface area contributed by atoms with Crippen LogP contribution in [-0.2, 0) is 4.79 Å². The molecule has 1 unspecified atom stereocenters. The second kappa shape index (κ2) is 2.90. The topological polar surface area (TPSA) is 61.7 Å². The minimum absolute atomic E-state index is 0.713. The molecule has 4 heteroatoms. The van der Waals surface area contributed by atoms with Crippen LogP contribution in [-0.4, -0.2) is 23.3 Å². The highest BCUT2D eigenvalue weighted by Gasteiger charge is 2.18. The van der Waals surface area contributed by atoms with Crippen LogP contribution in [0.1, 0.15) is 0 Å². The molecule has 66 valence electrons. The van der Waals surface area contributed by atoms with E-state index in [1.54, 1.807) is 0 Å². The van der Waals surface area contributed by atoms with Crippen LogP contribution in [0, 0.1) is 0 Å².